The topological polar surface area (TPSA) is 136 Å². The molecule has 0 radical (unpaired) electrons. The van der Waals surface area contributed by atoms with Gasteiger partial charge in [-0.15, -0.1) is 0 Å². The lowest BCUT2D eigenvalue weighted by Crippen LogP contribution is -2.43. The normalized spacial score (nSPS) is 17.5. The Bertz CT molecular complexity index is 1210. The molecule has 0 unspecified atom stereocenters. The van der Waals surface area contributed by atoms with Crippen LogP contribution in [0.15, 0.2) is 28.8 Å². The highest BCUT2D eigenvalue weighted by Crippen LogP contribution is 2.33. The van der Waals surface area contributed by atoms with Crippen molar-refractivity contribution >= 4 is 17.4 Å². The molecule has 0 spiro atoms. The predicted molar refractivity (Wildman–Crippen MR) is 138 cm³/mol. The number of pyridine rings is 1. The van der Waals surface area contributed by atoms with Gasteiger partial charge in [0, 0.05) is 45.9 Å². The van der Waals surface area contributed by atoms with Gasteiger partial charge in [-0.05, 0) is 50.7 Å². The van der Waals surface area contributed by atoms with Gasteiger partial charge in [0.1, 0.15) is 0 Å². The first kappa shape index (κ1) is 28.2. The van der Waals surface area contributed by atoms with Crippen LogP contribution >= 0.6 is 0 Å². The van der Waals surface area contributed by atoms with Crippen molar-refractivity contribution in [2.45, 2.75) is 58.4 Å². The van der Waals surface area contributed by atoms with Crippen molar-refractivity contribution in [1.29, 1.82) is 0 Å². The Hall–Kier alpha value is -3.41. The molecule has 2 aromatic heterocycles. The minimum absolute atomic E-state index is 0.0861. The van der Waals surface area contributed by atoms with Crippen LogP contribution in [0.3, 0.4) is 0 Å². The monoisotopic (exact) mass is 521 g/mol. The number of hydrogen-bond donors (Lipinski definition) is 3. The van der Waals surface area contributed by atoms with Gasteiger partial charge in [-0.2, -0.15) is 0 Å². The second kappa shape index (κ2) is 11.3. The van der Waals surface area contributed by atoms with Crippen LogP contribution < -0.4 is 22.2 Å². The number of carboxylic acid groups (broad SMARTS) is 1. The average molecular weight is 522 g/mol. The van der Waals surface area contributed by atoms with E-state index < -0.39 is 11.9 Å². The SMILES string of the molecule is CC(=O)O.Cc1nc(/C(N)=C(\Cn2cc(CC3CC3)n(C)c2=O)N(C)N)ccc1N1CCCC(F)(F)C1. The number of anilines is 1. The number of rotatable bonds is 7. The van der Waals surface area contributed by atoms with Gasteiger partial charge in [0.25, 0.3) is 11.9 Å². The number of hydrogen-bond acceptors (Lipinski definition) is 7. The minimum atomic E-state index is -2.70. The molecule has 204 valence electrons. The molecular weight excluding hydrogens is 484 g/mol. The van der Waals surface area contributed by atoms with Crippen molar-refractivity contribution < 1.29 is 18.7 Å². The van der Waals surface area contributed by atoms with Gasteiger partial charge in [-0.3, -0.25) is 13.9 Å². The molecule has 0 aromatic carbocycles. The number of carboxylic acids is 1. The maximum Gasteiger partial charge on any atom is 0.328 e. The third-order valence-corrected chi connectivity index (χ3v) is 6.59. The fourth-order valence-corrected chi connectivity index (χ4v) is 4.46. The second-order valence-electron chi connectivity index (χ2n) is 9.91. The number of aryl methyl sites for hydroxylation is 1. The standard InChI is InChI=1S/C23H33F2N7O.C2H4O2/c1-15-19(31-10-4-9-23(24,25)14-31)8-7-18(28-15)21(26)20(30(3)27)13-32-12-17(11-16-5-6-16)29(2)22(32)33;1-2(3)4/h7-8,12,16H,4-6,9-11,13-14,26-27H2,1-3H3;1H3,(H,3,4)/b21-20-;. The van der Waals surface area contributed by atoms with E-state index in [2.05, 4.69) is 4.98 Å². The van der Waals surface area contributed by atoms with Gasteiger partial charge >= 0.3 is 5.69 Å². The van der Waals surface area contributed by atoms with Crippen LogP contribution in [0.1, 0.15) is 49.7 Å². The number of carbonyl (C=O) groups is 1. The molecule has 2 aliphatic rings. The van der Waals surface area contributed by atoms with Gasteiger partial charge in [0.2, 0.25) is 0 Å². The molecule has 1 saturated heterocycles. The molecule has 1 saturated carbocycles. The molecule has 3 heterocycles. The summed E-state index contributed by atoms with van der Waals surface area (Å²) in [7, 11) is 3.45. The summed E-state index contributed by atoms with van der Waals surface area (Å²) < 4.78 is 31.0. The van der Waals surface area contributed by atoms with Gasteiger partial charge in [0.05, 0.1) is 41.6 Å². The van der Waals surface area contributed by atoms with E-state index in [1.54, 1.807) is 47.2 Å². The minimum Gasteiger partial charge on any atom is -0.481 e. The first-order valence-corrected chi connectivity index (χ1v) is 12.3. The highest BCUT2D eigenvalue weighted by atomic mass is 19.3. The lowest BCUT2D eigenvalue weighted by atomic mass is 10.1. The quantitative estimate of drug-likeness (QED) is 0.373. The molecule has 37 heavy (non-hydrogen) atoms. The van der Waals surface area contributed by atoms with Gasteiger partial charge in [0.15, 0.2) is 0 Å². The summed E-state index contributed by atoms with van der Waals surface area (Å²) in [4.78, 5) is 28.0. The number of aromatic nitrogens is 3. The Morgan fingerprint density at radius 2 is 1.97 bits per heavy atom. The van der Waals surface area contributed by atoms with E-state index in [0.29, 0.717) is 47.4 Å². The highest BCUT2D eigenvalue weighted by Gasteiger charge is 2.35. The maximum absolute atomic E-state index is 13.9. The average Bonchev–Trinajstić information content (AvgIpc) is 3.58. The Morgan fingerprint density at radius 1 is 1.32 bits per heavy atom. The predicted octanol–water partition coefficient (Wildman–Crippen LogP) is 2.30. The van der Waals surface area contributed by atoms with Crippen LogP contribution in [0.2, 0.25) is 0 Å². The van der Waals surface area contributed by atoms with Crippen molar-refractivity contribution in [2.75, 3.05) is 25.0 Å². The Kier molecular flexibility index (Phi) is 8.62. The van der Waals surface area contributed by atoms with Crippen molar-refractivity contribution in [2.24, 2.45) is 24.5 Å². The summed E-state index contributed by atoms with van der Waals surface area (Å²) in [5, 5.41) is 8.81. The Labute approximate surface area is 215 Å². The molecule has 5 N–H and O–H groups in total. The van der Waals surface area contributed by atoms with E-state index in [-0.39, 0.29) is 25.2 Å². The summed E-state index contributed by atoms with van der Waals surface area (Å²) in [6, 6.07) is 3.50. The third kappa shape index (κ3) is 7.31. The van der Waals surface area contributed by atoms with Crippen LogP contribution in [0.5, 0.6) is 0 Å². The first-order chi connectivity index (χ1) is 17.3. The smallest absolute Gasteiger partial charge is 0.328 e. The number of hydrazine groups is 1. The number of nitrogens with zero attached hydrogens (tertiary/aromatic N) is 5. The summed E-state index contributed by atoms with van der Waals surface area (Å²) in [6.45, 7) is 3.34. The fourth-order valence-electron chi connectivity index (χ4n) is 4.46. The molecule has 0 bridgehead atoms. The maximum atomic E-state index is 13.9. The summed E-state index contributed by atoms with van der Waals surface area (Å²) in [6.07, 6.45) is 5.53. The molecule has 1 aliphatic heterocycles. The van der Waals surface area contributed by atoms with Crippen LogP contribution in [0.25, 0.3) is 5.70 Å². The van der Waals surface area contributed by atoms with E-state index in [1.165, 1.54) is 17.9 Å². The molecule has 10 nitrogen and oxygen atoms in total. The van der Waals surface area contributed by atoms with Gasteiger partial charge in [-0.1, -0.05) is 0 Å². The van der Waals surface area contributed by atoms with E-state index in [0.717, 1.165) is 19.0 Å². The Morgan fingerprint density at radius 3 is 2.51 bits per heavy atom. The largest absolute Gasteiger partial charge is 0.481 e. The zero-order valence-electron chi connectivity index (χ0n) is 21.9. The van der Waals surface area contributed by atoms with E-state index in [1.807, 2.05) is 6.20 Å². The van der Waals surface area contributed by atoms with Crippen molar-refractivity contribution in [3.05, 3.63) is 51.6 Å². The Balaban J connectivity index is 0.000000886. The number of alkyl halides is 2. The van der Waals surface area contributed by atoms with E-state index >= 15 is 0 Å². The molecular formula is C25H37F2N7O3. The number of halogens is 2. The van der Waals surface area contributed by atoms with Gasteiger partial charge < -0.3 is 20.7 Å². The molecule has 2 fully saturated rings. The molecule has 1 aliphatic carbocycles. The summed E-state index contributed by atoms with van der Waals surface area (Å²) in [5.41, 5.74) is 10.0. The molecule has 0 atom stereocenters. The van der Waals surface area contributed by atoms with Crippen LogP contribution in [-0.2, 0) is 24.8 Å². The second-order valence-corrected chi connectivity index (χ2v) is 9.91. The number of imidazole rings is 1. The lowest BCUT2D eigenvalue weighted by molar-refractivity contribution is -0.134. The first-order valence-electron chi connectivity index (χ1n) is 12.3. The number of piperidine rings is 1. The zero-order chi connectivity index (χ0) is 27.5. The van der Waals surface area contributed by atoms with Crippen LogP contribution in [0.4, 0.5) is 14.5 Å². The zero-order valence-corrected chi connectivity index (χ0v) is 21.9. The van der Waals surface area contributed by atoms with E-state index in [4.69, 9.17) is 21.5 Å². The number of allylic oxidation sites excluding steroid dienone is 1. The summed E-state index contributed by atoms with van der Waals surface area (Å²) >= 11 is 0. The fraction of sp³-hybridized carbons (Fsp3) is 0.560. The number of aliphatic carboxylic acids is 1. The van der Waals surface area contributed by atoms with Gasteiger partial charge in [-0.25, -0.2) is 24.4 Å². The van der Waals surface area contributed by atoms with Crippen LogP contribution in [-0.4, -0.2) is 56.3 Å². The van der Waals surface area contributed by atoms with Crippen LogP contribution in [0, 0.1) is 12.8 Å². The number of likely N-dealkylation sites (N-methyl/N-ethyl adjacent to an activating group) is 1. The van der Waals surface area contributed by atoms with Crippen molar-refractivity contribution in [3.63, 3.8) is 0 Å². The van der Waals surface area contributed by atoms with Crippen molar-refractivity contribution in [3.8, 4) is 0 Å². The number of nitrogens with two attached hydrogens (primary N) is 2. The molecule has 2 aromatic rings. The van der Waals surface area contributed by atoms with Crippen molar-refractivity contribution in [1.82, 2.24) is 19.1 Å². The molecule has 0 amide bonds. The van der Waals surface area contributed by atoms with E-state index in [9.17, 15) is 13.6 Å². The lowest BCUT2D eigenvalue weighted by Gasteiger charge is -2.34. The summed E-state index contributed by atoms with van der Waals surface area (Å²) in [5.74, 6) is 3.21. The molecule has 12 heteroatoms. The highest BCUT2D eigenvalue weighted by molar-refractivity contribution is 5.65. The molecule has 4 rings (SSSR count). The third-order valence-electron chi connectivity index (χ3n) is 6.59.